The van der Waals surface area contributed by atoms with Crippen LogP contribution < -0.4 is 10.6 Å². The van der Waals surface area contributed by atoms with Crippen molar-refractivity contribution < 1.29 is 4.79 Å². The van der Waals surface area contributed by atoms with Crippen molar-refractivity contribution in [2.45, 2.75) is 45.1 Å². The van der Waals surface area contributed by atoms with Gasteiger partial charge in [-0.1, -0.05) is 6.07 Å². The number of carbonyl (C=O) groups is 1. The van der Waals surface area contributed by atoms with Gasteiger partial charge < -0.3 is 15.5 Å². The largest absolute Gasteiger partial charge is 0.357 e. The van der Waals surface area contributed by atoms with Gasteiger partial charge in [0, 0.05) is 37.5 Å². The molecule has 0 saturated carbocycles. The van der Waals surface area contributed by atoms with E-state index in [-0.39, 0.29) is 0 Å². The summed E-state index contributed by atoms with van der Waals surface area (Å²) < 4.78 is 0. The van der Waals surface area contributed by atoms with E-state index in [1.54, 1.807) is 0 Å². The van der Waals surface area contributed by atoms with Crippen molar-refractivity contribution in [2.75, 3.05) is 45.8 Å². The Hall–Kier alpha value is -1.60. The molecule has 0 aromatic carbocycles. The molecule has 1 unspecified atom stereocenters. The van der Waals surface area contributed by atoms with E-state index < -0.39 is 0 Å². The Kier molecular flexibility index (Phi) is 7.95. The Balaban J connectivity index is 1.51. The molecule has 0 spiro atoms. The predicted octanol–water partition coefficient (Wildman–Crippen LogP) is 2.45. The molecule has 6 nitrogen and oxygen atoms in total. The summed E-state index contributed by atoms with van der Waals surface area (Å²) in [6, 6.07) is 4.75. The fourth-order valence-corrected chi connectivity index (χ4v) is 4.71. The number of thiophene rings is 1. The zero-order chi connectivity index (χ0) is 18.9. The summed E-state index contributed by atoms with van der Waals surface area (Å²) in [7, 11) is 0. The first kappa shape index (κ1) is 20.1. The summed E-state index contributed by atoms with van der Waals surface area (Å²) in [5.74, 6) is 1.19. The number of guanidine groups is 1. The van der Waals surface area contributed by atoms with Gasteiger partial charge in [0.05, 0.1) is 12.6 Å². The minimum atomic E-state index is 0.306. The van der Waals surface area contributed by atoms with E-state index >= 15 is 0 Å². The molecule has 2 aliphatic heterocycles. The highest BCUT2D eigenvalue weighted by molar-refractivity contribution is 7.10. The number of amides is 1. The van der Waals surface area contributed by atoms with Gasteiger partial charge in [0.2, 0.25) is 5.91 Å². The summed E-state index contributed by atoms with van der Waals surface area (Å²) in [5.41, 5.74) is 0. The number of rotatable bonds is 9. The summed E-state index contributed by atoms with van der Waals surface area (Å²) in [5, 5.41) is 8.95. The third-order valence-corrected chi connectivity index (χ3v) is 6.26. The van der Waals surface area contributed by atoms with Crippen LogP contribution in [-0.4, -0.2) is 67.5 Å². The molecular formula is C20H33N5OS. The molecule has 3 rings (SSSR count). The van der Waals surface area contributed by atoms with E-state index in [2.05, 4.69) is 40.0 Å². The third kappa shape index (κ3) is 5.94. The van der Waals surface area contributed by atoms with Crippen LogP contribution in [0.2, 0.25) is 0 Å². The topological polar surface area (TPSA) is 60.0 Å². The Morgan fingerprint density at radius 2 is 2.11 bits per heavy atom. The lowest BCUT2D eigenvalue weighted by Crippen LogP contribution is -2.39. The van der Waals surface area contributed by atoms with E-state index in [0.29, 0.717) is 11.9 Å². The maximum absolute atomic E-state index is 11.7. The standard InChI is InChI=1S/C20H33N5OS/c1-2-21-20(22-10-7-14-25-13-5-9-19(25)26)23-16-17(18-8-6-15-27-18)24-11-3-4-12-24/h6,8,15,17H,2-5,7,9-14,16H2,1H3,(H2,21,22,23). The highest BCUT2D eigenvalue weighted by Gasteiger charge is 2.24. The lowest BCUT2D eigenvalue weighted by Gasteiger charge is -2.25. The van der Waals surface area contributed by atoms with Crippen LogP contribution in [0.1, 0.15) is 49.9 Å². The Morgan fingerprint density at radius 3 is 2.78 bits per heavy atom. The van der Waals surface area contributed by atoms with Gasteiger partial charge >= 0.3 is 0 Å². The van der Waals surface area contributed by atoms with Gasteiger partial charge in [-0.2, -0.15) is 0 Å². The highest BCUT2D eigenvalue weighted by atomic mass is 32.1. The first-order valence-electron chi connectivity index (χ1n) is 10.4. The quantitative estimate of drug-likeness (QED) is 0.386. The van der Waals surface area contributed by atoms with Gasteiger partial charge in [0.15, 0.2) is 5.96 Å². The number of likely N-dealkylation sites (tertiary alicyclic amines) is 2. The summed E-state index contributed by atoms with van der Waals surface area (Å²) in [6.45, 7) is 8.67. The number of nitrogens with zero attached hydrogens (tertiary/aromatic N) is 3. The third-order valence-electron chi connectivity index (χ3n) is 5.29. The molecule has 150 valence electrons. The lowest BCUT2D eigenvalue weighted by molar-refractivity contribution is -0.127. The summed E-state index contributed by atoms with van der Waals surface area (Å²) >= 11 is 1.83. The number of hydrogen-bond donors (Lipinski definition) is 2. The Bertz CT molecular complexity index is 598. The van der Waals surface area contributed by atoms with Crippen LogP contribution in [0.15, 0.2) is 22.5 Å². The number of hydrogen-bond acceptors (Lipinski definition) is 4. The molecule has 7 heteroatoms. The molecule has 2 saturated heterocycles. The molecule has 3 heterocycles. The van der Waals surface area contributed by atoms with Crippen LogP contribution in [0.25, 0.3) is 0 Å². The van der Waals surface area contributed by atoms with Gasteiger partial charge in [-0.3, -0.25) is 14.7 Å². The molecule has 2 N–H and O–H groups in total. The average molecular weight is 392 g/mol. The van der Waals surface area contributed by atoms with Crippen molar-refractivity contribution >= 4 is 23.2 Å². The molecule has 1 atom stereocenters. The summed E-state index contributed by atoms with van der Waals surface area (Å²) in [4.78, 5) is 22.5. The van der Waals surface area contributed by atoms with Crippen LogP contribution in [-0.2, 0) is 4.79 Å². The molecule has 2 fully saturated rings. The summed E-state index contributed by atoms with van der Waals surface area (Å²) in [6.07, 6.45) is 5.27. The zero-order valence-electron chi connectivity index (χ0n) is 16.5. The number of aliphatic imine (C=N–C) groups is 1. The van der Waals surface area contributed by atoms with Crippen molar-refractivity contribution in [1.82, 2.24) is 20.4 Å². The molecular weight excluding hydrogens is 358 g/mol. The second kappa shape index (κ2) is 10.7. The molecule has 0 radical (unpaired) electrons. The van der Waals surface area contributed by atoms with Crippen molar-refractivity contribution in [3.8, 4) is 0 Å². The molecule has 1 amide bonds. The van der Waals surface area contributed by atoms with Crippen molar-refractivity contribution in [3.63, 3.8) is 0 Å². The first-order valence-corrected chi connectivity index (χ1v) is 11.2. The van der Waals surface area contributed by atoms with Crippen LogP contribution in [0.5, 0.6) is 0 Å². The molecule has 2 aliphatic rings. The average Bonchev–Trinajstić information content (AvgIpc) is 3.43. The molecule has 27 heavy (non-hydrogen) atoms. The monoisotopic (exact) mass is 391 g/mol. The van der Waals surface area contributed by atoms with E-state index in [1.165, 1.54) is 30.8 Å². The number of nitrogens with one attached hydrogen (secondary N) is 2. The Morgan fingerprint density at radius 1 is 1.26 bits per heavy atom. The molecule has 0 aliphatic carbocycles. The smallest absolute Gasteiger partial charge is 0.222 e. The SMILES string of the molecule is CCNC(=NCC(c1cccs1)N1CCCC1)NCCCN1CCCC1=O. The van der Waals surface area contributed by atoms with E-state index in [1.807, 2.05) is 16.2 Å². The molecule has 1 aromatic heterocycles. The number of carbonyl (C=O) groups excluding carboxylic acids is 1. The maximum atomic E-state index is 11.7. The fraction of sp³-hybridized carbons (Fsp3) is 0.700. The first-order chi connectivity index (χ1) is 13.3. The molecule has 1 aromatic rings. The van der Waals surface area contributed by atoms with Crippen molar-refractivity contribution in [2.24, 2.45) is 4.99 Å². The van der Waals surface area contributed by atoms with Crippen LogP contribution in [0.4, 0.5) is 0 Å². The predicted molar refractivity (Wildman–Crippen MR) is 112 cm³/mol. The van der Waals surface area contributed by atoms with Gasteiger partial charge in [-0.15, -0.1) is 11.3 Å². The van der Waals surface area contributed by atoms with Gasteiger partial charge in [-0.25, -0.2) is 0 Å². The fourth-order valence-electron chi connectivity index (χ4n) is 3.86. The zero-order valence-corrected chi connectivity index (χ0v) is 17.3. The second-order valence-corrected chi connectivity index (χ2v) is 8.24. The normalized spacial score (nSPS) is 19.7. The lowest BCUT2D eigenvalue weighted by atomic mass is 10.2. The van der Waals surface area contributed by atoms with Crippen molar-refractivity contribution in [3.05, 3.63) is 22.4 Å². The van der Waals surface area contributed by atoms with Gasteiger partial charge in [-0.05, 0) is 57.1 Å². The highest BCUT2D eigenvalue weighted by Crippen LogP contribution is 2.28. The minimum absolute atomic E-state index is 0.306. The van der Waals surface area contributed by atoms with Crippen LogP contribution >= 0.6 is 11.3 Å². The van der Waals surface area contributed by atoms with Crippen LogP contribution in [0.3, 0.4) is 0 Å². The van der Waals surface area contributed by atoms with E-state index in [0.717, 1.165) is 57.9 Å². The van der Waals surface area contributed by atoms with E-state index in [4.69, 9.17) is 4.99 Å². The second-order valence-electron chi connectivity index (χ2n) is 7.26. The Labute approximate surface area is 167 Å². The minimum Gasteiger partial charge on any atom is -0.357 e. The van der Waals surface area contributed by atoms with Gasteiger partial charge in [0.25, 0.3) is 0 Å². The van der Waals surface area contributed by atoms with Crippen LogP contribution in [0, 0.1) is 0 Å². The molecule has 0 bridgehead atoms. The van der Waals surface area contributed by atoms with E-state index in [9.17, 15) is 4.79 Å². The van der Waals surface area contributed by atoms with Gasteiger partial charge in [0.1, 0.15) is 0 Å². The maximum Gasteiger partial charge on any atom is 0.222 e. The van der Waals surface area contributed by atoms with Crippen molar-refractivity contribution in [1.29, 1.82) is 0 Å².